The molecule has 0 aromatic carbocycles. The average molecular weight is 539 g/mol. The van der Waals surface area contributed by atoms with Gasteiger partial charge in [0.15, 0.2) is 0 Å². The molecule has 0 amide bonds. The maximum absolute atomic E-state index is 11.9. The summed E-state index contributed by atoms with van der Waals surface area (Å²) in [6.45, 7) is 4.50. The van der Waals surface area contributed by atoms with Crippen LogP contribution in [0.15, 0.2) is 0 Å². The molecule has 0 bridgehead atoms. The summed E-state index contributed by atoms with van der Waals surface area (Å²) in [6, 6.07) is 0. The van der Waals surface area contributed by atoms with Crippen molar-refractivity contribution >= 4 is 11.9 Å². The Morgan fingerprint density at radius 1 is 0.447 bits per heavy atom. The molecule has 1 atom stereocenters. The maximum atomic E-state index is 11.9. The molecule has 0 aliphatic heterocycles. The van der Waals surface area contributed by atoms with Crippen molar-refractivity contribution in [2.75, 3.05) is 0 Å². The van der Waals surface area contributed by atoms with Crippen LogP contribution in [0, 0.1) is 0 Å². The van der Waals surface area contributed by atoms with E-state index in [2.05, 4.69) is 13.8 Å². The lowest BCUT2D eigenvalue weighted by Gasteiger charge is -2.10. The summed E-state index contributed by atoms with van der Waals surface area (Å²) in [6.07, 6.45) is 33.0. The van der Waals surface area contributed by atoms with Crippen LogP contribution in [-0.2, 0) is 14.3 Å². The Morgan fingerprint density at radius 3 is 1.03 bits per heavy atom. The Morgan fingerprint density at radius 2 is 0.711 bits per heavy atom. The SMILES string of the molecule is CCCCCCCCCCCCCCCC(=O)OC(=O)CCCCCCCCC(O)CCCCCCCC. The van der Waals surface area contributed by atoms with Crippen molar-refractivity contribution in [3.63, 3.8) is 0 Å². The van der Waals surface area contributed by atoms with E-state index in [0.717, 1.165) is 70.6 Å². The second-order valence-corrected chi connectivity index (χ2v) is 11.7. The number of esters is 2. The van der Waals surface area contributed by atoms with Crippen LogP contribution in [0.1, 0.15) is 200 Å². The summed E-state index contributed by atoms with van der Waals surface area (Å²) in [5.74, 6) is -0.708. The second kappa shape index (κ2) is 30.6. The lowest BCUT2D eigenvalue weighted by Crippen LogP contribution is -2.11. The van der Waals surface area contributed by atoms with Gasteiger partial charge >= 0.3 is 11.9 Å². The van der Waals surface area contributed by atoms with E-state index in [1.807, 2.05) is 0 Å². The number of aliphatic hydroxyl groups excluding tert-OH is 1. The number of rotatable bonds is 30. The molecule has 0 aliphatic rings. The molecule has 0 radical (unpaired) electrons. The van der Waals surface area contributed by atoms with E-state index in [1.165, 1.54) is 103 Å². The fourth-order valence-electron chi connectivity index (χ4n) is 5.18. The van der Waals surface area contributed by atoms with E-state index in [-0.39, 0.29) is 18.0 Å². The highest BCUT2D eigenvalue weighted by Crippen LogP contribution is 2.15. The number of carbonyl (C=O) groups excluding carboxylic acids is 2. The Labute approximate surface area is 237 Å². The molecular formula is C34H66O4. The molecule has 1 N–H and O–H groups in total. The van der Waals surface area contributed by atoms with Gasteiger partial charge in [0.1, 0.15) is 0 Å². The first kappa shape index (κ1) is 37.1. The van der Waals surface area contributed by atoms with Gasteiger partial charge in [0.2, 0.25) is 0 Å². The lowest BCUT2D eigenvalue weighted by molar-refractivity contribution is -0.159. The van der Waals surface area contributed by atoms with Gasteiger partial charge in [-0.1, -0.05) is 162 Å². The maximum Gasteiger partial charge on any atom is 0.313 e. The van der Waals surface area contributed by atoms with Gasteiger partial charge in [-0.05, 0) is 25.7 Å². The first-order valence-corrected chi connectivity index (χ1v) is 17.0. The van der Waals surface area contributed by atoms with E-state index in [4.69, 9.17) is 4.74 Å². The molecule has 4 nitrogen and oxygen atoms in total. The zero-order valence-electron chi connectivity index (χ0n) is 25.8. The highest BCUT2D eigenvalue weighted by atomic mass is 16.6. The van der Waals surface area contributed by atoms with Crippen LogP contribution in [0.4, 0.5) is 0 Å². The average Bonchev–Trinajstić information content (AvgIpc) is 2.90. The first-order valence-electron chi connectivity index (χ1n) is 17.0. The first-order chi connectivity index (χ1) is 18.6. The van der Waals surface area contributed by atoms with E-state index >= 15 is 0 Å². The van der Waals surface area contributed by atoms with Gasteiger partial charge in [-0.25, -0.2) is 0 Å². The van der Waals surface area contributed by atoms with Crippen molar-refractivity contribution in [2.24, 2.45) is 0 Å². The second-order valence-electron chi connectivity index (χ2n) is 11.7. The lowest BCUT2D eigenvalue weighted by atomic mass is 10.0. The van der Waals surface area contributed by atoms with Gasteiger partial charge < -0.3 is 9.84 Å². The molecule has 0 rings (SSSR count). The zero-order valence-corrected chi connectivity index (χ0v) is 25.8. The Balaban J connectivity index is 3.36. The van der Waals surface area contributed by atoms with Crippen molar-refractivity contribution in [3.8, 4) is 0 Å². The summed E-state index contributed by atoms with van der Waals surface area (Å²) >= 11 is 0. The molecule has 1 unspecified atom stereocenters. The Bertz CT molecular complexity index is 505. The minimum absolute atomic E-state index is 0.131. The third-order valence-corrected chi connectivity index (χ3v) is 7.77. The number of hydrogen-bond acceptors (Lipinski definition) is 4. The smallest absolute Gasteiger partial charge is 0.313 e. The fraction of sp³-hybridized carbons (Fsp3) is 0.941. The minimum Gasteiger partial charge on any atom is -0.393 e. The normalized spacial score (nSPS) is 12.1. The highest BCUT2D eigenvalue weighted by molar-refractivity contribution is 5.85. The Kier molecular flexibility index (Phi) is 29.9. The van der Waals surface area contributed by atoms with Crippen LogP contribution in [-0.4, -0.2) is 23.1 Å². The summed E-state index contributed by atoms with van der Waals surface area (Å²) < 4.78 is 4.98. The molecule has 0 aromatic heterocycles. The number of aliphatic hydroxyl groups is 1. The molecule has 0 saturated heterocycles. The predicted molar refractivity (Wildman–Crippen MR) is 162 cm³/mol. The van der Waals surface area contributed by atoms with Crippen LogP contribution in [0.2, 0.25) is 0 Å². The van der Waals surface area contributed by atoms with Gasteiger partial charge in [-0.3, -0.25) is 9.59 Å². The van der Waals surface area contributed by atoms with E-state index < -0.39 is 0 Å². The number of unbranched alkanes of at least 4 members (excludes halogenated alkanes) is 22. The largest absolute Gasteiger partial charge is 0.393 e. The van der Waals surface area contributed by atoms with Crippen molar-refractivity contribution in [3.05, 3.63) is 0 Å². The molecular weight excluding hydrogens is 472 g/mol. The minimum atomic E-state index is -0.359. The molecule has 0 heterocycles. The summed E-state index contributed by atoms with van der Waals surface area (Å²) in [5, 5.41) is 10.1. The van der Waals surface area contributed by atoms with Crippen LogP contribution in [0.3, 0.4) is 0 Å². The van der Waals surface area contributed by atoms with E-state index in [9.17, 15) is 14.7 Å². The quantitative estimate of drug-likeness (QED) is 0.0561. The third kappa shape index (κ3) is 29.7. The molecule has 0 aromatic rings. The van der Waals surface area contributed by atoms with Crippen LogP contribution < -0.4 is 0 Å². The van der Waals surface area contributed by atoms with Crippen LogP contribution in [0.25, 0.3) is 0 Å². The standard InChI is InChI=1S/C34H66O4/c1-3-5-7-9-11-12-13-14-15-16-17-22-26-30-33(36)38-34(37)31-27-23-19-18-21-25-29-32(35)28-24-20-10-8-6-4-2/h32,35H,3-31H2,1-2H3. The number of carbonyl (C=O) groups is 2. The van der Waals surface area contributed by atoms with Gasteiger partial charge in [0.05, 0.1) is 6.10 Å². The molecule has 0 saturated carbocycles. The van der Waals surface area contributed by atoms with Gasteiger partial charge in [0, 0.05) is 12.8 Å². The summed E-state index contributed by atoms with van der Waals surface area (Å²) in [5.41, 5.74) is 0. The third-order valence-electron chi connectivity index (χ3n) is 7.77. The summed E-state index contributed by atoms with van der Waals surface area (Å²) in [4.78, 5) is 23.8. The number of hydrogen-bond donors (Lipinski definition) is 1. The Hall–Kier alpha value is -0.900. The van der Waals surface area contributed by atoms with Crippen molar-refractivity contribution in [1.29, 1.82) is 0 Å². The molecule has 0 spiro atoms. The molecule has 0 aliphatic carbocycles. The molecule has 38 heavy (non-hydrogen) atoms. The molecule has 0 fully saturated rings. The van der Waals surface area contributed by atoms with Gasteiger partial charge in [-0.2, -0.15) is 0 Å². The van der Waals surface area contributed by atoms with E-state index in [0.29, 0.717) is 12.8 Å². The molecule has 226 valence electrons. The predicted octanol–water partition coefficient (Wildman–Crippen LogP) is 10.8. The van der Waals surface area contributed by atoms with Crippen LogP contribution >= 0.6 is 0 Å². The zero-order chi connectivity index (χ0) is 27.9. The van der Waals surface area contributed by atoms with Gasteiger partial charge in [0.25, 0.3) is 0 Å². The molecule has 4 heteroatoms. The highest BCUT2D eigenvalue weighted by Gasteiger charge is 2.10. The van der Waals surface area contributed by atoms with Gasteiger partial charge in [-0.15, -0.1) is 0 Å². The van der Waals surface area contributed by atoms with Crippen molar-refractivity contribution < 1.29 is 19.4 Å². The summed E-state index contributed by atoms with van der Waals surface area (Å²) in [7, 11) is 0. The van der Waals surface area contributed by atoms with E-state index in [1.54, 1.807) is 0 Å². The van der Waals surface area contributed by atoms with Crippen molar-refractivity contribution in [2.45, 2.75) is 206 Å². The van der Waals surface area contributed by atoms with Crippen molar-refractivity contribution in [1.82, 2.24) is 0 Å². The van der Waals surface area contributed by atoms with Crippen LogP contribution in [0.5, 0.6) is 0 Å². The monoisotopic (exact) mass is 538 g/mol. The topological polar surface area (TPSA) is 63.6 Å². The fourth-order valence-corrected chi connectivity index (χ4v) is 5.18. The number of ether oxygens (including phenoxy) is 1.